The largest absolute Gasteiger partial charge is 0.412 e. The number of rotatable bonds is 1. The third-order valence-electron chi connectivity index (χ3n) is 1.09. The summed E-state index contributed by atoms with van der Waals surface area (Å²) in [6.07, 6.45) is 0. The molecule has 1 atom stereocenters. The maximum absolute atomic E-state index is 10.5. The van der Waals surface area contributed by atoms with E-state index >= 15 is 0 Å². The Morgan fingerprint density at radius 3 is 2.00 bits per heavy atom. The van der Waals surface area contributed by atoms with Crippen molar-refractivity contribution in [1.82, 2.24) is 0 Å². The second kappa shape index (κ2) is 9.08. The van der Waals surface area contributed by atoms with Gasteiger partial charge in [0.15, 0.2) is 11.1 Å². The van der Waals surface area contributed by atoms with Gasteiger partial charge in [-0.25, -0.2) is 4.21 Å². The van der Waals surface area contributed by atoms with E-state index in [2.05, 4.69) is 0 Å². The molecule has 5 N–H and O–H groups in total. The van der Waals surface area contributed by atoms with Crippen LogP contribution in [-0.4, -0.2) is 49.3 Å². The van der Waals surface area contributed by atoms with E-state index < -0.39 is 11.1 Å². The number of benzene rings is 1. The van der Waals surface area contributed by atoms with Crippen molar-refractivity contribution in [3.8, 4) is 0 Å². The van der Waals surface area contributed by atoms with Crippen LogP contribution in [0.2, 0.25) is 10.0 Å². The van der Waals surface area contributed by atoms with Crippen LogP contribution >= 0.6 is 23.2 Å². The average molecular weight is 270 g/mol. The predicted octanol–water partition coefficient (Wildman–Crippen LogP) is 0.544. The Bertz CT molecular complexity index is 310. The third-order valence-corrected chi connectivity index (χ3v) is 2.49. The quantitative estimate of drug-likeness (QED) is 0.595. The minimum atomic E-state index is -1.99. The molecular weight excluding hydrogens is 262 g/mol. The topological polar surface area (TPSA) is 100 Å². The van der Waals surface area contributed by atoms with Crippen LogP contribution in [0.15, 0.2) is 23.1 Å². The Morgan fingerprint density at radius 1 is 1.14 bits per heavy atom. The van der Waals surface area contributed by atoms with Crippen molar-refractivity contribution in [2.75, 3.05) is 0 Å². The molecule has 1 unspecified atom stereocenters. The summed E-state index contributed by atoms with van der Waals surface area (Å²) in [5, 5.41) is 0.660. The van der Waals surface area contributed by atoms with Crippen molar-refractivity contribution < 1.29 is 19.7 Å². The summed E-state index contributed by atoms with van der Waals surface area (Å²) in [7, 11) is 0. The van der Waals surface area contributed by atoms with Gasteiger partial charge in [-0.2, -0.15) is 0 Å². The molecule has 0 saturated heterocycles. The molecule has 0 saturated carbocycles. The normalized spacial score (nSPS) is 10.2. The van der Waals surface area contributed by atoms with Gasteiger partial charge in [-0.05, 0) is 18.2 Å². The van der Waals surface area contributed by atoms with Crippen molar-refractivity contribution >= 4 is 63.8 Å². The smallest absolute Gasteiger partial charge is 0.186 e. The SMILES string of the molecule is O.O.O=S(O)c1ccc(Cl)c(Cl)c1.[Na]. The maximum Gasteiger partial charge on any atom is 0.186 e. The minimum absolute atomic E-state index is 0. The van der Waals surface area contributed by atoms with Crippen LogP contribution in [0.25, 0.3) is 0 Å². The Labute approximate surface area is 116 Å². The van der Waals surface area contributed by atoms with Gasteiger partial charge < -0.3 is 15.5 Å². The third kappa shape index (κ3) is 5.65. The van der Waals surface area contributed by atoms with Gasteiger partial charge in [0.1, 0.15) is 0 Å². The van der Waals surface area contributed by atoms with Gasteiger partial charge in [0.05, 0.1) is 14.9 Å². The van der Waals surface area contributed by atoms with E-state index in [1.54, 1.807) is 0 Å². The van der Waals surface area contributed by atoms with Crippen LogP contribution in [0.4, 0.5) is 0 Å². The second-order valence-corrected chi connectivity index (χ2v) is 3.61. The first-order valence-corrected chi connectivity index (χ1v) is 4.53. The Kier molecular flexibility index (Phi) is 13.2. The van der Waals surface area contributed by atoms with Gasteiger partial charge in [0.2, 0.25) is 0 Å². The molecular formula is C6H8Cl2NaO4S. The first-order chi connectivity index (χ1) is 5.11. The monoisotopic (exact) mass is 269 g/mol. The fraction of sp³-hybridized carbons (Fsp3) is 0. The molecule has 0 aliphatic heterocycles. The molecule has 77 valence electrons. The predicted molar refractivity (Wildman–Crippen MR) is 58.5 cm³/mol. The van der Waals surface area contributed by atoms with Crippen molar-refractivity contribution in [3.05, 3.63) is 28.2 Å². The molecule has 0 aliphatic rings. The number of halogens is 2. The van der Waals surface area contributed by atoms with Crippen LogP contribution in [0.3, 0.4) is 0 Å². The molecule has 0 spiro atoms. The fourth-order valence-corrected chi connectivity index (χ4v) is 1.35. The number of hydrogen-bond acceptors (Lipinski definition) is 1. The second-order valence-electron chi connectivity index (χ2n) is 1.83. The van der Waals surface area contributed by atoms with Gasteiger partial charge in [-0.1, -0.05) is 23.2 Å². The molecule has 0 aromatic heterocycles. The fourth-order valence-electron chi connectivity index (χ4n) is 0.585. The molecule has 14 heavy (non-hydrogen) atoms. The van der Waals surface area contributed by atoms with E-state index in [1.807, 2.05) is 0 Å². The van der Waals surface area contributed by atoms with Gasteiger partial charge in [-0.15, -0.1) is 0 Å². The summed E-state index contributed by atoms with van der Waals surface area (Å²) in [5.74, 6) is 0. The van der Waals surface area contributed by atoms with Gasteiger partial charge in [0.25, 0.3) is 0 Å². The Hall–Kier alpha value is 0.830. The molecule has 0 fully saturated rings. The summed E-state index contributed by atoms with van der Waals surface area (Å²) >= 11 is 9.16. The molecule has 4 nitrogen and oxygen atoms in total. The summed E-state index contributed by atoms with van der Waals surface area (Å²) < 4.78 is 19.1. The maximum atomic E-state index is 10.5. The van der Waals surface area contributed by atoms with Crippen LogP contribution in [0, 0.1) is 0 Å². The summed E-state index contributed by atoms with van der Waals surface area (Å²) in [6, 6.07) is 4.29. The van der Waals surface area contributed by atoms with Gasteiger partial charge >= 0.3 is 0 Å². The molecule has 8 heteroatoms. The molecule has 0 amide bonds. The molecule has 0 heterocycles. The summed E-state index contributed by atoms with van der Waals surface area (Å²) in [6.45, 7) is 0. The van der Waals surface area contributed by atoms with Crippen LogP contribution in [0.1, 0.15) is 0 Å². The zero-order valence-corrected chi connectivity index (χ0v) is 11.6. The molecule has 0 aliphatic carbocycles. The summed E-state index contributed by atoms with van der Waals surface area (Å²) in [5.41, 5.74) is 0. The van der Waals surface area contributed by atoms with E-state index in [1.165, 1.54) is 18.2 Å². The minimum Gasteiger partial charge on any atom is -0.412 e. The van der Waals surface area contributed by atoms with Crippen molar-refractivity contribution in [2.24, 2.45) is 0 Å². The molecule has 1 aromatic carbocycles. The Balaban J connectivity index is -0.000000403. The molecule has 0 bridgehead atoms. The van der Waals surface area contributed by atoms with E-state index in [0.29, 0.717) is 5.02 Å². The Morgan fingerprint density at radius 2 is 1.64 bits per heavy atom. The number of hydrogen-bond donors (Lipinski definition) is 1. The van der Waals surface area contributed by atoms with Crippen LogP contribution in [0.5, 0.6) is 0 Å². The zero-order chi connectivity index (χ0) is 8.43. The summed E-state index contributed by atoms with van der Waals surface area (Å²) in [4.78, 5) is 0.249. The van der Waals surface area contributed by atoms with Crippen molar-refractivity contribution in [1.29, 1.82) is 0 Å². The zero-order valence-electron chi connectivity index (χ0n) is 7.25. The van der Waals surface area contributed by atoms with Crippen molar-refractivity contribution in [3.63, 3.8) is 0 Å². The molecule has 1 aromatic rings. The van der Waals surface area contributed by atoms with Gasteiger partial charge in [0, 0.05) is 29.6 Å². The van der Waals surface area contributed by atoms with Crippen molar-refractivity contribution in [2.45, 2.75) is 4.90 Å². The first kappa shape index (κ1) is 20.3. The van der Waals surface area contributed by atoms with Gasteiger partial charge in [-0.3, -0.25) is 0 Å². The standard InChI is InChI=1S/C6H4Cl2O2S.Na.2H2O/c7-5-2-1-4(11(9)10)3-6(5)8;;;/h1-3H,(H,9,10);;2*1H2. The average Bonchev–Trinajstić information content (AvgIpc) is 1.94. The van der Waals surface area contributed by atoms with E-state index in [-0.39, 0.29) is 50.4 Å². The van der Waals surface area contributed by atoms with E-state index in [9.17, 15) is 4.21 Å². The van der Waals surface area contributed by atoms with Crippen LogP contribution < -0.4 is 0 Å². The molecule has 1 radical (unpaired) electrons. The van der Waals surface area contributed by atoms with E-state index in [4.69, 9.17) is 27.8 Å². The van der Waals surface area contributed by atoms with Crippen LogP contribution in [-0.2, 0) is 11.1 Å². The molecule has 1 rings (SSSR count). The van der Waals surface area contributed by atoms with E-state index in [0.717, 1.165) is 0 Å². The first-order valence-electron chi connectivity index (χ1n) is 2.67.